The zero-order chi connectivity index (χ0) is 13.5. The molecule has 0 aliphatic carbocycles. The first-order chi connectivity index (χ1) is 9.83. The maximum Gasteiger partial charge on any atom is 0.157 e. The first-order valence-corrected chi connectivity index (χ1v) is 7.59. The van der Waals surface area contributed by atoms with Crippen molar-refractivity contribution in [1.29, 1.82) is 0 Å². The lowest BCUT2D eigenvalue weighted by Gasteiger charge is -2.16. The molecule has 4 rings (SSSR count). The van der Waals surface area contributed by atoms with Crippen LogP contribution in [0.2, 0.25) is 0 Å². The summed E-state index contributed by atoms with van der Waals surface area (Å²) >= 11 is 1.66. The van der Waals surface area contributed by atoms with Crippen molar-refractivity contribution >= 4 is 33.2 Å². The second kappa shape index (κ2) is 4.49. The van der Waals surface area contributed by atoms with Crippen LogP contribution in [0.25, 0.3) is 20.8 Å². The van der Waals surface area contributed by atoms with E-state index >= 15 is 0 Å². The monoisotopic (exact) mass is 285 g/mol. The number of anilines is 2. The van der Waals surface area contributed by atoms with Crippen molar-refractivity contribution in [1.82, 2.24) is 15.2 Å². The van der Waals surface area contributed by atoms with Gasteiger partial charge in [-0.15, -0.1) is 11.3 Å². The number of nitrogens with two attached hydrogens (primary N) is 1. The molecule has 3 heterocycles. The highest BCUT2D eigenvalue weighted by atomic mass is 32.1. The Hall–Kier alpha value is -2.08. The van der Waals surface area contributed by atoms with Crippen LogP contribution < -0.4 is 10.6 Å². The molecule has 3 aromatic rings. The number of nitrogens with zero attached hydrogens (tertiary/aromatic N) is 3. The molecule has 0 bridgehead atoms. The normalized spacial score (nSPS) is 15.3. The zero-order valence-electron chi connectivity index (χ0n) is 11.0. The van der Waals surface area contributed by atoms with Crippen LogP contribution in [-0.4, -0.2) is 28.3 Å². The number of hydrogen-bond acceptors (Lipinski definition) is 5. The highest BCUT2D eigenvalue weighted by molar-refractivity contribution is 7.21. The second-order valence-corrected chi connectivity index (χ2v) is 6.04. The van der Waals surface area contributed by atoms with E-state index in [0.29, 0.717) is 5.82 Å². The number of hydrogen-bond donors (Lipinski definition) is 2. The fourth-order valence-electron chi connectivity index (χ4n) is 2.71. The summed E-state index contributed by atoms with van der Waals surface area (Å²) in [5.74, 6) is 1.55. The van der Waals surface area contributed by atoms with E-state index in [2.05, 4.69) is 21.2 Å². The molecule has 5 nitrogen and oxygen atoms in total. The first kappa shape index (κ1) is 11.7. The summed E-state index contributed by atoms with van der Waals surface area (Å²) in [7, 11) is 0. The Kier molecular flexibility index (Phi) is 2.63. The maximum absolute atomic E-state index is 6.06. The summed E-state index contributed by atoms with van der Waals surface area (Å²) in [4.78, 5) is 7.01. The number of aromatic nitrogens is 3. The number of nitrogens with one attached hydrogen (secondary N) is 1. The Morgan fingerprint density at radius 3 is 2.80 bits per heavy atom. The van der Waals surface area contributed by atoms with E-state index in [1.165, 1.54) is 17.5 Å². The number of para-hydroxylation sites is 1. The van der Waals surface area contributed by atoms with E-state index < -0.39 is 0 Å². The van der Waals surface area contributed by atoms with Crippen molar-refractivity contribution in [2.24, 2.45) is 0 Å². The smallest absolute Gasteiger partial charge is 0.157 e. The summed E-state index contributed by atoms with van der Waals surface area (Å²) in [5, 5.41) is 8.21. The molecule has 0 saturated carbocycles. The van der Waals surface area contributed by atoms with Gasteiger partial charge in [0.15, 0.2) is 5.82 Å². The van der Waals surface area contributed by atoms with Crippen molar-refractivity contribution in [3.63, 3.8) is 0 Å². The van der Waals surface area contributed by atoms with Crippen LogP contribution in [0.3, 0.4) is 0 Å². The van der Waals surface area contributed by atoms with E-state index in [9.17, 15) is 0 Å². The average molecular weight is 285 g/mol. The molecule has 0 unspecified atom stereocenters. The third kappa shape index (κ3) is 1.76. The molecule has 0 atom stereocenters. The van der Waals surface area contributed by atoms with Gasteiger partial charge in [0.05, 0.1) is 15.8 Å². The summed E-state index contributed by atoms with van der Waals surface area (Å²) in [5.41, 5.74) is 8.03. The van der Waals surface area contributed by atoms with Crippen LogP contribution in [0.4, 0.5) is 11.6 Å². The highest BCUT2D eigenvalue weighted by Crippen LogP contribution is 2.39. The van der Waals surface area contributed by atoms with Crippen molar-refractivity contribution in [3.8, 4) is 10.6 Å². The molecule has 1 saturated heterocycles. The van der Waals surface area contributed by atoms with E-state index in [4.69, 9.17) is 10.7 Å². The molecular weight excluding hydrogens is 270 g/mol. The molecule has 1 aromatic carbocycles. The molecule has 0 amide bonds. The zero-order valence-corrected chi connectivity index (χ0v) is 11.8. The predicted molar refractivity (Wildman–Crippen MR) is 83.1 cm³/mol. The van der Waals surface area contributed by atoms with Gasteiger partial charge in [-0.25, -0.2) is 4.98 Å². The van der Waals surface area contributed by atoms with Gasteiger partial charge in [-0.2, -0.15) is 5.10 Å². The van der Waals surface area contributed by atoms with Gasteiger partial charge in [0.25, 0.3) is 0 Å². The number of H-pyrrole nitrogens is 1. The van der Waals surface area contributed by atoms with E-state index in [0.717, 1.165) is 35.0 Å². The van der Waals surface area contributed by atoms with Gasteiger partial charge in [-0.05, 0) is 25.0 Å². The van der Waals surface area contributed by atoms with Crippen molar-refractivity contribution in [2.45, 2.75) is 12.8 Å². The SMILES string of the molecule is Nc1n[nH]c(N2CCCC2)c1-c1nc2ccccc2s1. The quantitative estimate of drug-likeness (QED) is 0.759. The Morgan fingerprint density at radius 2 is 2.00 bits per heavy atom. The van der Waals surface area contributed by atoms with Gasteiger partial charge in [-0.1, -0.05) is 12.1 Å². The van der Waals surface area contributed by atoms with Crippen molar-refractivity contribution in [3.05, 3.63) is 24.3 Å². The van der Waals surface area contributed by atoms with E-state index in [-0.39, 0.29) is 0 Å². The van der Waals surface area contributed by atoms with E-state index in [1.807, 2.05) is 18.2 Å². The summed E-state index contributed by atoms with van der Waals surface area (Å²) in [6.07, 6.45) is 2.44. The minimum absolute atomic E-state index is 0.533. The maximum atomic E-state index is 6.06. The second-order valence-electron chi connectivity index (χ2n) is 5.01. The van der Waals surface area contributed by atoms with Gasteiger partial charge in [0.2, 0.25) is 0 Å². The van der Waals surface area contributed by atoms with Crippen LogP contribution in [0.1, 0.15) is 12.8 Å². The van der Waals surface area contributed by atoms with Gasteiger partial charge in [0, 0.05) is 13.1 Å². The fourth-order valence-corrected chi connectivity index (χ4v) is 3.73. The van der Waals surface area contributed by atoms with Gasteiger partial charge < -0.3 is 10.6 Å². The minimum atomic E-state index is 0.533. The molecule has 6 heteroatoms. The highest BCUT2D eigenvalue weighted by Gasteiger charge is 2.23. The van der Waals surface area contributed by atoms with Crippen LogP contribution in [-0.2, 0) is 0 Å². The topological polar surface area (TPSA) is 70.8 Å². The number of fused-ring (bicyclic) bond motifs is 1. The van der Waals surface area contributed by atoms with Gasteiger partial charge in [0.1, 0.15) is 10.8 Å². The molecule has 1 fully saturated rings. The minimum Gasteiger partial charge on any atom is -0.382 e. The standard InChI is InChI=1S/C14H15N5S/c15-12-11(13(18-17-12)19-7-3-4-8-19)14-16-9-5-1-2-6-10(9)20-14/h1-2,5-6H,3-4,7-8H2,(H3,15,17,18). The lowest BCUT2D eigenvalue weighted by molar-refractivity contribution is 0.922. The van der Waals surface area contributed by atoms with Gasteiger partial charge in [-0.3, -0.25) is 5.10 Å². The first-order valence-electron chi connectivity index (χ1n) is 6.77. The summed E-state index contributed by atoms with van der Waals surface area (Å²) in [6, 6.07) is 8.15. The molecule has 1 aliphatic rings. The number of aromatic amines is 1. The summed E-state index contributed by atoms with van der Waals surface area (Å²) in [6.45, 7) is 2.11. The molecular formula is C14H15N5S. The van der Waals surface area contributed by atoms with Gasteiger partial charge >= 0.3 is 0 Å². The van der Waals surface area contributed by atoms with Crippen LogP contribution in [0.15, 0.2) is 24.3 Å². The van der Waals surface area contributed by atoms with E-state index in [1.54, 1.807) is 11.3 Å². The average Bonchev–Trinajstić information content (AvgIpc) is 3.16. The molecule has 102 valence electrons. The fraction of sp³-hybridized carbons (Fsp3) is 0.286. The Balaban J connectivity index is 1.86. The van der Waals surface area contributed by atoms with Crippen LogP contribution in [0.5, 0.6) is 0 Å². The van der Waals surface area contributed by atoms with Crippen LogP contribution >= 0.6 is 11.3 Å². The third-order valence-corrected chi connectivity index (χ3v) is 4.76. The Morgan fingerprint density at radius 1 is 1.20 bits per heavy atom. The Bertz CT molecular complexity index is 721. The molecule has 3 N–H and O–H groups in total. The summed E-state index contributed by atoms with van der Waals surface area (Å²) < 4.78 is 1.18. The number of nitrogen functional groups attached to an aromatic ring is 1. The molecule has 0 radical (unpaired) electrons. The molecule has 2 aromatic heterocycles. The van der Waals surface area contributed by atoms with Crippen LogP contribution in [0, 0.1) is 0 Å². The predicted octanol–water partition coefficient (Wildman–Crippen LogP) is 2.87. The molecule has 20 heavy (non-hydrogen) atoms. The van der Waals surface area contributed by atoms with Crippen molar-refractivity contribution in [2.75, 3.05) is 23.7 Å². The third-order valence-electron chi connectivity index (χ3n) is 3.71. The molecule has 0 spiro atoms. The lowest BCUT2D eigenvalue weighted by atomic mass is 10.3. The Labute approximate surface area is 120 Å². The lowest BCUT2D eigenvalue weighted by Crippen LogP contribution is -2.18. The van der Waals surface area contributed by atoms with Crippen molar-refractivity contribution < 1.29 is 0 Å². The molecule has 1 aliphatic heterocycles. The number of benzene rings is 1. The largest absolute Gasteiger partial charge is 0.382 e. The number of rotatable bonds is 2. The number of thiazole rings is 1.